The maximum atomic E-state index is 11.2. The van der Waals surface area contributed by atoms with E-state index in [1.807, 2.05) is 6.07 Å². The molecule has 12 heavy (non-hydrogen) atoms. The SMILES string of the molecule is O=C(/C=C/C[O-])c1ccccc1. The Hall–Kier alpha value is -1.41. The van der Waals surface area contributed by atoms with Crippen LogP contribution in [0.4, 0.5) is 0 Å². The number of hydrogen-bond acceptors (Lipinski definition) is 2. The zero-order chi connectivity index (χ0) is 8.81. The number of hydrogen-bond donors (Lipinski definition) is 0. The second-order valence-corrected chi connectivity index (χ2v) is 2.30. The molecular formula is C10H9O2-. The van der Waals surface area contributed by atoms with Crippen molar-refractivity contribution in [2.75, 3.05) is 6.61 Å². The van der Waals surface area contributed by atoms with Crippen LogP contribution < -0.4 is 5.11 Å². The molecule has 0 unspecified atom stereocenters. The summed E-state index contributed by atoms with van der Waals surface area (Å²) in [5, 5.41) is 10.0. The minimum absolute atomic E-state index is 0.119. The molecule has 1 aromatic carbocycles. The van der Waals surface area contributed by atoms with Gasteiger partial charge in [0, 0.05) is 5.56 Å². The smallest absolute Gasteiger partial charge is 0.185 e. The molecular weight excluding hydrogens is 152 g/mol. The summed E-state index contributed by atoms with van der Waals surface area (Å²) in [6.45, 7) is -0.349. The molecule has 0 saturated heterocycles. The van der Waals surface area contributed by atoms with E-state index < -0.39 is 0 Å². The van der Waals surface area contributed by atoms with E-state index >= 15 is 0 Å². The first-order chi connectivity index (χ1) is 5.84. The first-order valence-electron chi connectivity index (χ1n) is 3.68. The van der Waals surface area contributed by atoms with Crippen molar-refractivity contribution in [2.45, 2.75) is 0 Å². The average Bonchev–Trinajstić information content (AvgIpc) is 2.15. The Morgan fingerprint density at radius 3 is 2.58 bits per heavy atom. The van der Waals surface area contributed by atoms with Crippen molar-refractivity contribution in [3.63, 3.8) is 0 Å². The first-order valence-corrected chi connectivity index (χ1v) is 3.68. The van der Waals surface area contributed by atoms with Crippen LogP contribution >= 0.6 is 0 Å². The van der Waals surface area contributed by atoms with Crippen LogP contribution in [0.5, 0.6) is 0 Å². The third-order valence-corrected chi connectivity index (χ3v) is 1.42. The van der Waals surface area contributed by atoms with Gasteiger partial charge in [-0.3, -0.25) is 4.79 Å². The number of rotatable bonds is 3. The largest absolute Gasteiger partial charge is 0.851 e. The van der Waals surface area contributed by atoms with Gasteiger partial charge in [0.1, 0.15) is 0 Å². The average molecular weight is 161 g/mol. The van der Waals surface area contributed by atoms with Crippen molar-refractivity contribution in [1.29, 1.82) is 0 Å². The number of carbonyl (C=O) groups is 1. The predicted molar refractivity (Wildman–Crippen MR) is 44.8 cm³/mol. The molecule has 0 fully saturated rings. The Bertz CT molecular complexity index is 275. The Labute approximate surface area is 71.2 Å². The minimum atomic E-state index is -0.349. The van der Waals surface area contributed by atoms with Gasteiger partial charge in [-0.1, -0.05) is 36.4 Å². The van der Waals surface area contributed by atoms with Crippen molar-refractivity contribution >= 4 is 5.78 Å². The monoisotopic (exact) mass is 161 g/mol. The van der Waals surface area contributed by atoms with Gasteiger partial charge in [0.05, 0.1) is 0 Å². The Morgan fingerprint density at radius 2 is 2.00 bits per heavy atom. The summed E-state index contributed by atoms with van der Waals surface area (Å²) < 4.78 is 0. The highest BCUT2D eigenvalue weighted by Gasteiger charge is 1.96. The van der Waals surface area contributed by atoms with Gasteiger partial charge < -0.3 is 5.11 Å². The molecule has 0 aromatic heterocycles. The molecule has 0 aliphatic carbocycles. The van der Waals surface area contributed by atoms with E-state index in [0.29, 0.717) is 5.56 Å². The molecule has 0 aliphatic heterocycles. The first kappa shape index (κ1) is 8.68. The quantitative estimate of drug-likeness (QED) is 0.485. The van der Waals surface area contributed by atoms with Gasteiger partial charge in [-0.25, -0.2) is 0 Å². The highest BCUT2D eigenvalue weighted by atomic mass is 16.2. The number of carbonyl (C=O) groups excluding carboxylic acids is 1. The normalized spacial score (nSPS) is 10.4. The second-order valence-electron chi connectivity index (χ2n) is 2.30. The van der Waals surface area contributed by atoms with Crippen LogP contribution in [0.25, 0.3) is 0 Å². The highest BCUT2D eigenvalue weighted by molar-refractivity contribution is 6.04. The molecule has 2 nitrogen and oxygen atoms in total. The zero-order valence-corrected chi connectivity index (χ0v) is 6.57. The standard InChI is InChI=1S/C10H9O2/c11-8-4-7-10(12)9-5-2-1-3-6-9/h1-7H,8H2/q-1/b7-4+. The van der Waals surface area contributed by atoms with Gasteiger partial charge in [0.15, 0.2) is 5.78 Å². The van der Waals surface area contributed by atoms with Crippen LogP contribution in [-0.4, -0.2) is 12.4 Å². The molecule has 62 valence electrons. The van der Waals surface area contributed by atoms with E-state index in [4.69, 9.17) is 0 Å². The fourth-order valence-electron chi connectivity index (χ4n) is 0.854. The maximum absolute atomic E-state index is 11.2. The summed E-state index contributed by atoms with van der Waals surface area (Å²) in [4.78, 5) is 11.2. The van der Waals surface area contributed by atoms with Gasteiger partial charge in [-0.15, -0.1) is 6.61 Å². The van der Waals surface area contributed by atoms with Gasteiger partial charge in [-0.2, -0.15) is 0 Å². The van der Waals surface area contributed by atoms with Crippen molar-refractivity contribution < 1.29 is 9.90 Å². The third-order valence-electron chi connectivity index (χ3n) is 1.42. The summed E-state index contributed by atoms with van der Waals surface area (Å²) in [6, 6.07) is 8.86. The second kappa shape index (κ2) is 4.46. The molecule has 0 spiro atoms. The molecule has 0 saturated carbocycles. The number of allylic oxidation sites excluding steroid dienone is 1. The molecule has 0 radical (unpaired) electrons. The predicted octanol–water partition coefficient (Wildman–Crippen LogP) is 0.786. The van der Waals surface area contributed by atoms with Gasteiger partial charge in [0.25, 0.3) is 0 Å². The summed E-state index contributed by atoms with van der Waals surface area (Å²) in [7, 11) is 0. The van der Waals surface area contributed by atoms with Gasteiger partial charge >= 0.3 is 0 Å². The lowest BCUT2D eigenvalue weighted by molar-refractivity contribution is -0.352. The van der Waals surface area contributed by atoms with E-state index in [-0.39, 0.29) is 12.4 Å². The van der Waals surface area contributed by atoms with Crippen molar-refractivity contribution in [3.05, 3.63) is 48.0 Å². The Kier molecular flexibility index (Phi) is 3.23. The number of benzene rings is 1. The summed E-state index contributed by atoms with van der Waals surface area (Å²) in [5.41, 5.74) is 0.613. The molecule has 0 atom stereocenters. The molecule has 1 aromatic rings. The lowest BCUT2D eigenvalue weighted by Gasteiger charge is -1.94. The molecule has 0 amide bonds. The van der Waals surface area contributed by atoms with Crippen molar-refractivity contribution in [1.82, 2.24) is 0 Å². The lowest BCUT2D eigenvalue weighted by Crippen LogP contribution is -2.02. The molecule has 1 rings (SSSR count). The Morgan fingerprint density at radius 1 is 1.33 bits per heavy atom. The molecule has 0 aliphatic rings. The fraction of sp³-hybridized carbons (Fsp3) is 0.100. The fourth-order valence-corrected chi connectivity index (χ4v) is 0.854. The summed E-state index contributed by atoms with van der Waals surface area (Å²) in [5.74, 6) is -0.119. The zero-order valence-electron chi connectivity index (χ0n) is 6.57. The molecule has 0 bridgehead atoms. The third kappa shape index (κ3) is 2.32. The van der Waals surface area contributed by atoms with E-state index in [1.165, 1.54) is 12.2 Å². The van der Waals surface area contributed by atoms with E-state index in [9.17, 15) is 9.90 Å². The van der Waals surface area contributed by atoms with E-state index in [1.54, 1.807) is 24.3 Å². The molecule has 0 heterocycles. The van der Waals surface area contributed by atoms with E-state index in [0.717, 1.165) is 0 Å². The van der Waals surface area contributed by atoms with Crippen molar-refractivity contribution in [2.24, 2.45) is 0 Å². The molecule has 2 heteroatoms. The summed E-state index contributed by atoms with van der Waals surface area (Å²) >= 11 is 0. The van der Waals surface area contributed by atoms with Gasteiger partial charge in [-0.05, 0) is 6.08 Å². The van der Waals surface area contributed by atoms with E-state index in [2.05, 4.69) is 0 Å². The van der Waals surface area contributed by atoms with Crippen LogP contribution in [0.2, 0.25) is 0 Å². The van der Waals surface area contributed by atoms with Gasteiger partial charge in [0.2, 0.25) is 0 Å². The van der Waals surface area contributed by atoms with Crippen LogP contribution in [0, 0.1) is 0 Å². The number of ketones is 1. The summed E-state index contributed by atoms with van der Waals surface area (Å²) in [6.07, 6.45) is 2.62. The molecule has 0 N–H and O–H groups in total. The van der Waals surface area contributed by atoms with Crippen LogP contribution in [0.3, 0.4) is 0 Å². The lowest BCUT2D eigenvalue weighted by atomic mass is 10.1. The topological polar surface area (TPSA) is 40.1 Å². The van der Waals surface area contributed by atoms with Crippen molar-refractivity contribution in [3.8, 4) is 0 Å². The van der Waals surface area contributed by atoms with Crippen LogP contribution in [0.1, 0.15) is 10.4 Å². The Balaban J connectivity index is 2.72. The van der Waals surface area contributed by atoms with Crippen LogP contribution in [-0.2, 0) is 0 Å². The maximum Gasteiger partial charge on any atom is 0.185 e. The van der Waals surface area contributed by atoms with Crippen LogP contribution in [0.15, 0.2) is 42.5 Å². The minimum Gasteiger partial charge on any atom is -0.851 e. The highest BCUT2D eigenvalue weighted by Crippen LogP contribution is 1.99.